The quantitative estimate of drug-likeness (QED) is 0.565. The SMILES string of the molecule is Cc1c(Cl)cccc1NC(=O)C[C@H]1SC(N=C(N)N)=NC1=O. The van der Waals surface area contributed by atoms with Gasteiger partial charge in [0.05, 0.1) is 0 Å². The number of benzene rings is 1. The molecule has 1 aromatic rings. The molecule has 0 bridgehead atoms. The highest BCUT2D eigenvalue weighted by Crippen LogP contribution is 2.27. The van der Waals surface area contributed by atoms with Gasteiger partial charge in [-0.25, -0.2) is 0 Å². The number of rotatable bonds is 3. The highest BCUT2D eigenvalue weighted by atomic mass is 35.5. The van der Waals surface area contributed by atoms with Crippen molar-refractivity contribution in [1.82, 2.24) is 0 Å². The fourth-order valence-corrected chi connectivity index (χ4v) is 2.89. The van der Waals surface area contributed by atoms with Gasteiger partial charge in [0.2, 0.25) is 5.91 Å². The van der Waals surface area contributed by atoms with Crippen LogP contribution in [-0.4, -0.2) is 28.2 Å². The number of nitrogens with zero attached hydrogens (tertiary/aromatic N) is 2. The first kappa shape index (κ1) is 16.3. The van der Waals surface area contributed by atoms with Crippen LogP contribution in [0.25, 0.3) is 0 Å². The van der Waals surface area contributed by atoms with Crippen LogP contribution in [0.2, 0.25) is 5.02 Å². The first-order valence-electron chi connectivity index (χ1n) is 6.30. The van der Waals surface area contributed by atoms with E-state index in [1.54, 1.807) is 25.1 Å². The number of anilines is 1. The molecule has 7 nitrogen and oxygen atoms in total. The van der Waals surface area contributed by atoms with Crippen LogP contribution in [0, 0.1) is 6.92 Å². The molecule has 116 valence electrons. The lowest BCUT2D eigenvalue weighted by atomic mass is 10.2. The molecule has 0 saturated carbocycles. The number of thioether (sulfide) groups is 1. The van der Waals surface area contributed by atoms with Crippen molar-refractivity contribution >= 4 is 52.0 Å². The highest BCUT2D eigenvalue weighted by Gasteiger charge is 2.30. The summed E-state index contributed by atoms with van der Waals surface area (Å²) in [6, 6.07) is 5.21. The molecule has 2 amide bonds. The molecule has 5 N–H and O–H groups in total. The minimum atomic E-state index is -0.627. The van der Waals surface area contributed by atoms with Gasteiger partial charge in [0, 0.05) is 17.1 Å². The maximum Gasteiger partial charge on any atom is 0.262 e. The Morgan fingerprint density at radius 3 is 2.91 bits per heavy atom. The van der Waals surface area contributed by atoms with Crippen molar-refractivity contribution in [2.75, 3.05) is 5.32 Å². The average molecular weight is 340 g/mol. The van der Waals surface area contributed by atoms with Crippen molar-refractivity contribution in [3.05, 3.63) is 28.8 Å². The highest BCUT2D eigenvalue weighted by molar-refractivity contribution is 8.15. The number of aliphatic imine (C=N–C) groups is 2. The molecule has 0 radical (unpaired) electrons. The lowest BCUT2D eigenvalue weighted by Crippen LogP contribution is -2.23. The van der Waals surface area contributed by atoms with Crippen LogP contribution in [0.15, 0.2) is 28.2 Å². The van der Waals surface area contributed by atoms with E-state index in [9.17, 15) is 9.59 Å². The van der Waals surface area contributed by atoms with Gasteiger partial charge in [0.1, 0.15) is 5.25 Å². The number of hydrogen-bond donors (Lipinski definition) is 3. The molecule has 0 saturated heterocycles. The molecular weight excluding hydrogens is 326 g/mol. The summed E-state index contributed by atoms with van der Waals surface area (Å²) in [5.41, 5.74) is 11.8. The number of amidine groups is 1. The lowest BCUT2D eigenvalue weighted by molar-refractivity contribution is -0.121. The Labute approximate surface area is 136 Å². The molecule has 0 spiro atoms. The molecule has 0 aromatic heterocycles. The van der Waals surface area contributed by atoms with Gasteiger partial charge >= 0.3 is 0 Å². The maximum absolute atomic E-state index is 12.1. The molecule has 1 heterocycles. The van der Waals surface area contributed by atoms with Crippen molar-refractivity contribution in [2.45, 2.75) is 18.6 Å². The van der Waals surface area contributed by atoms with Crippen molar-refractivity contribution in [1.29, 1.82) is 0 Å². The van der Waals surface area contributed by atoms with Gasteiger partial charge < -0.3 is 16.8 Å². The molecule has 2 rings (SSSR count). The van der Waals surface area contributed by atoms with Crippen molar-refractivity contribution < 1.29 is 9.59 Å². The Hall–Kier alpha value is -2.06. The average Bonchev–Trinajstić information content (AvgIpc) is 2.74. The van der Waals surface area contributed by atoms with Crippen molar-refractivity contribution in [3.63, 3.8) is 0 Å². The summed E-state index contributed by atoms with van der Waals surface area (Å²) in [4.78, 5) is 31.2. The van der Waals surface area contributed by atoms with Crippen LogP contribution in [0.4, 0.5) is 5.69 Å². The predicted octanol–water partition coefficient (Wildman–Crippen LogP) is 1.25. The smallest absolute Gasteiger partial charge is 0.262 e. The van der Waals surface area contributed by atoms with Gasteiger partial charge in [-0.1, -0.05) is 29.4 Å². The Balaban J connectivity index is 1.98. The maximum atomic E-state index is 12.1. The van der Waals surface area contributed by atoms with E-state index in [1.165, 1.54) is 0 Å². The third-order valence-corrected chi connectivity index (χ3v) is 4.32. The summed E-state index contributed by atoms with van der Waals surface area (Å²) in [5, 5.41) is 2.83. The number of guanidine groups is 1. The topological polar surface area (TPSA) is 123 Å². The van der Waals surface area contributed by atoms with Gasteiger partial charge in [-0.3, -0.25) is 9.59 Å². The van der Waals surface area contributed by atoms with Crippen LogP contribution in [0.3, 0.4) is 0 Å². The fourth-order valence-electron chi connectivity index (χ4n) is 1.77. The Bertz CT molecular complexity index is 685. The van der Waals surface area contributed by atoms with Gasteiger partial charge in [0.25, 0.3) is 5.91 Å². The number of carbonyl (C=O) groups is 2. The number of nitrogens with two attached hydrogens (primary N) is 2. The summed E-state index contributed by atoms with van der Waals surface area (Å²) in [6.07, 6.45) is -0.0253. The third-order valence-electron chi connectivity index (χ3n) is 2.87. The number of nitrogens with one attached hydrogen (secondary N) is 1. The van der Waals surface area contributed by atoms with Crippen LogP contribution in [0.5, 0.6) is 0 Å². The fraction of sp³-hybridized carbons (Fsp3) is 0.231. The van der Waals surface area contributed by atoms with Gasteiger partial charge in [0.15, 0.2) is 11.1 Å². The molecule has 1 aromatic carbocycles. The monoisotopic (exact) mass is 339 g/mol. The summed E-state index contributed by atoms with van der Waals surface area (Å²) < 4.78 is 0. The van der Waals surface area contributed by atoms with E-state index >= 15 is 0 Å². The molecule has 0 fully saturated rings. The molecule has 1 aliphatic heterocycles. The number of carbonyl (C=O) groups excluding carboxylic acids is 2. The number of hydrogen-bond acceptors (Lipinski definition) is 4. The second-order valence-electron chi connectivity index (χ2n) is 4.54. The second-order valence-corrected chi connectivity index (χ2v) is 6.12. The minimum absolute atomic E-state index is 0.0253. The summed E-state index contributed by atoms with van der Waals surface area (Å²) >= 11 is 7.05. The van der Waals surface area contributed by atoms with Crippen molar-refractivity contribution in [2.24, 2.45) is 21.5 Å². The molecule has 9 heteroatoms. The Morgan fingerprint density at radius 2 is 2.23 bits per heavy atom. The second kappa shape index (κ2) is 6.80. The van der Waals surface area contributed by atoms with E-state index in [0.717, 1.165) is 17.3 Å². The summed E-state index contributed by atoms with van der Waals surface area (Å²) in [6.45, 7) is 1.80. The minimum Gasteiger partial charge on any atom is -0.370 e. The molecule has 1 aliphatic rings. The van der Waals surface area contributed by atoms with Crippen LogP contribution >= 0.6 is 23.4 Å². The van der Waals surface area contributed by atoms with Gasteiger partial charge in [-0.05, 0) is 24.6 Å². The first-order chi connectivity index (χ1) is 10.4. The zero-order valence-corrected chi connectivity index (χ0v) is 13.2. The molecule has 0 aliphatic carbocycles. The summed E-state index contributed by atoms with van der Waals surface area (Å²) in [5.74, 6) is -0.918. The van der Waals surface area contributed by atoms with E-state index in [-0.39, 0.29) is 23.5 Å². The molecular formula is C13H14ClN5O2S. The Morgan fingerprint density at radius 1 is 1.50 bits per heavy atom. The molecule has 1 atom stereocenters. The largest absolute Gasteiger partial charge is 0.370 e. The standard InChI is InChI=1S/C13H14ClN5O2S/c1-6-7(14)3-2-4-8(6)17-10(20)5-9-11(21)18-13(22-9)19-12(15)16/h2-4,9H,5H2,1H3,(H,17,20)(H4,15,16,18,19,21)/t9-/m1/s1. The molecule has 0 unspecified atom stereocenters. The summed E-state index contributed by atoms with van der Waals surface area (Å²) in [7, 11) is 0. The van der Waals surface area contributed by atoms with Crippen LogP contribution in [-0.2, 0) is 9.59 Å². The van der Waals surface area contributed by atoms with Crippen LogP contribution in [0.1, 0.15) is 12.0 Å². The van der Waals surface area contributed by atoms with E-state index in [1.807, 2.05) is 0 Å². The van der Waals surface area contributed by atoms with Crippen LogP contribution < -0.4 is 16.8 Å². The van der Waals surface area contributed by atoms with Crippen molar-refractivity contribution in [3.8, 4) is 0 Å². The number of halogens is 1. The predicted molar refractivity (Wildman–Crippen MR) is 89.1 cm³/mol. The van der Waals surface area contributed by atoms with E-state index in [4.69, 9.17) is 23.1 Å². The van der Waals surface area contributed by atoms with Gasteiger partial charge in [-0.2, -0.15) is 9.98 Å². The van der Waals surface area contributed by atoms with E-state index in [0.29, 0.717) is 10.7 Å². The first-order valence-corrected chi connectivity index (χ1v) is 7.56. The Kier molecular flexibility index (Phi) is 5.04. The zero-order valence-electron chi connectivity index (χ0n) is 11.7. The number of amides is 2. The van der Waals surface area contributed by atoms with Gasteiger partial charge in [-0.15, -0.1) is 0 Å². The third kappa shape index (κ3) is 3.99. The lowest BCUT2D eigenvalue weighted by Gasteiger charge is -2.11. The van der Waals surface area contributed by atoms with E-state index < -0.39 is 11.2 Å². The molecule has 22 heavy (non-hydrogen) atoms. The normalized spacial score (nSPS) is 17.1. The van der Waals surface area contributed by atoms with E-state index in [2.05, 4.69) is 15.3 Å². The zero-order chi connectivity index (χ0) is 16.3.